The van der Waals surface area contributed by atoms with E-state index in [-0.39, 0.29) is 5.60 Å². The van der Waals surface area contributed by atoms with Crippen LogP contribution < -0.4 is 9.47 Å². The molecule has 1 aliphatic rings. The molecule has 17 heavy (non-hydrogen) atoms. The zero-order valence-electron chi connectivity index (χ0n) is 9.88. The number of hydrogen-bond acceptors (Lipinski definition) is 3. The van der Waals surface area contributed by atoms with Gasteiger partial charge in [-0.05, 0) is 51.8 Å². The van der Waals surface area contributed by atoms with Gasteiger partial charge in [-0.15, -0.1) is 0 Å². The third-order valence-electron chi connectivity index (χ3n) is 2.79. The van der Waals surface area contributed by atoms with Crippen molar-refractivity contribution in [3.05, 3.63) is 20.6 Å². The third kappa shape index (κ3) is 2.33. The average molecular weight is 366 g/mol. The summed E-state index contributed by atoms with van der Waals surface area (Å²) in [6.45, 7) is 3.92. The van der Waals surface area contributed by atoms with E-state index in [1.165, 1.54) is 0 Å². The Labute approximate surface area is 117 Å². The molecule has 0 aromatic heterocycles. The van der Waals surface area contributed by atoms with Crippen LogP contribution in [0.25, 0.3) is 0 Å². The molecular formula is C12H14Br2O3. The van der Waals surface area contributed by atoms with E-state index in [4.69, 9.17) is 9.47 Å². The van der Waals surface area contributed by atoms with Crippen LogP contribution in [0.5, 0.6) is 11.5 Å². The number of benzene rings is 1. The molecule has 0 amide bonds. The van der Waals surface area contributed by atoms with Crippen LogP contribution in [0.3, 0.4) is 0 Å². The molecule has 1 aliphatic heterocycles. The van der Waals surface area contributed by atoms with Crippen LogP contribution in [0.15, 0.2) is 15.0 Å². The van der Waals surface area contributed by atoms with Gasteiger partial charge in [0, 0.05) is 12.0 Å². The Morgan fingerprint density at radius 3 is 2.71 bits per heavy atom. The number of aliphatic hydroxyl groups excluding tert-OH is 1. The van der Waals surface area contributed by atoms with E-state index in [0.29, 0.717) is 17.9 Å². The Bertz CT molecular complexity index is 458. The Morgan fingerprint density at radius 1 is 1.47 bits per heavy atom. The highest BCUT2D eigenvalue weighted by atomic mass is 79.9. The maximum atomic E-state index is 10.2. The zero-order valence-corrected chi connectivity index (χ0v) is 13.1. The SMILES string of the molecule is COc1cc(Br)c2c(c1Br)C(O)CC(C)(C)O2. The molecule has 1 aromatic rings. The summed E-state index contributed by atoms with van der Waals surface area (Å²) < 4.78 is 12.7. The summed E-state index contributed by atoms with van der Waals surface area (Å²) in [6, 6.07) is 1.83. The number of halogens is 2. The Kier molecular flexibility index (Phi) is 3.45. The Balaban J connectivity index is 2.63. The van der Waals surface area contributed by atoms with Crippen molar-refractivity contribution in [2.24, 2.45) is 0 Å². The van der Waals surface area contributed by atoms with Crippen LogP contribution in [0.1, 0.15) is 31.9 Å². The zero-order chi connectivity index (χ0) is 12.8. The van der Waals surface area contributed by atoms with Crippen LogP contribution in [0.4, 0.5) is 0 Å². The van der Waals surface area contributed by atoms with Crippen molar-refractivity contribution in [2.45, 2.75) is 32.0 Å². The van der Waals surface area contributed by atoms with Crippen molar-refractivity contribution in [3.8, 4) is 11.5 Å². The molecule has 3 nitrogen and oxygen atoms in total. The molecule has 1 aromatic carbocycles. The predicted octanol–water partition coefficient (Wildman–Crippen LogP) is 3.81. The molecule has 2 rings (SSSR count). The maximum Gasteiger partial charge on any atom is 0.141 e. The molecule has 5 heteroatoms. The molecule has 0 aliphatic carbocycles. The van der Waals surface area contributed by atoms with Crippen molar-refractivity contribution in [2.75, 3.05) is 7.11 Å². The first-order valence-electron chi connectivity index (χ1n) is 5.28. The molecule has 94 valence electrons. The van der Waals surface area contributed by atoms with Crippen molar-refractivity contribution in [3.63, 3.8) is 0 Å². The fraction of sp³-hybridized carbons (Fsp3) is 0.500. The Hall–Kier alpha value is -0.260. The van der Waals surface area contributed by atoms with Gasteiger partial charge in [0.15, 0.2) is 0 Å². The molecule has 1 unspecified atom stereocenters. The molecule has 0 spiro atoms. The average Bonchev–Trinajstić information content (AvgIpc) is 2.21. The van der Waals surface area contributed by atoms with Gasteiger partial charge in [0.05, 0.1) is 22.2 Å². The Morgan fingerprint density at radius 2 is 2.12 bits per heavy atom. The minimum atomic E-state index is -0.561. The second kappa shape index (κ2) is 4.44. The standard InChI is InChI=1S/C12H14Br2O3/c1-12(2)5-7(15)9-10(14)8(16-3)4-6(13)11(9)17-12/h4,7,15H,5H2,1-3H3. The summed E-state index contributed by atoms with van der Waals surface area (Å²) in [5.74, 6) is 1.36. The minimum absolute atomic E-state index is 0.372. The normalized spacial score (nSPS) is 21.6. The fourth-order valence-electron chi connectivity index (χ4n) is 2.04. The largest absolute Gasteiger partial charge is 0.496 e. The van der Waals surface area contributed by atoms with E-state index < -0.39 is 6.10 Å². The van der Waals surface area contributed by atoms with Crippen LogP contribution in [-0.2, 0) is 0 Å². The fourth-order valence-corrected chi connectivity index (χ4v) is 3.26. The first kappa shape index (κ1) is 13.2. The molecule has 0 saturated heterocycles. The molecule has 1 N–H and O–H groups in total. The number of fused-ring (bicyclic) bond motifs is 1. The summed E-state index contributed by atoms with van der Waals surface area (Å²) in [5, 5.41) is 10.2. The predicted molar refractivity (Wildman–Crippen MR) is 72.7 cm³/mol. The lowest BCUT2D eigenvalue weighted by Crippen LogP contribution is -2.35. The van der Waals surface area contributed by atoms with E-state index in [0.717, 1.165) is 14.5 Å². The lowest BCUT2D eigenvalue weighted by atomic mass is 9.91. The highest BCUT2D eigenvalue weighted by Crippen LogP contribution is 2.50. The number of hydrogen-bond donors (Lipinski definition) is 1. The molecule has 1 atom stereocenters. The van der Waals surface area contributed by atoms with Crippen molar-refractivity contribution >= 4 is 31.9 Å². The van der Waals surface area contributed by atoms with E-state index in [2.05, 4.69) is 31.9 Å². The quantitative estimate of drug-likeness (QED) is 0.822. The smallest absolute Gasteiger partial charge is 0.141 e. The summed E-state index contributed by atoms with van der Waals surface area (Å²) in [4.78, 5) is 0. The van der Waals surface area contributed by atoms with Crippen LogP contribution in [-0.4, -0.2) is 17.8 Å². The number of rotatable bonds is 1. The van der Waals surface area contributed by atoms with E-state index in [1.54, 1.807) is 7.11 Å². The second-order valence-corrected chi connectivity index (χ2v) is 6.35. The second-order valence-electron chi connectivity index (χ2n) is 4.70. The molecular weight excluding hydrogens is 352 g/mol. The molecule has 0 radical (unpaired) electrons. The molecule has 0 fully saturated rings. The van der Waals surface area contributed by atoms with Gasteiger partial charge >= 0.3 is 0 Å². The van der Waals surface area contributed by atoms with Crippen LogP contribution in [0.2, 0.25) is 0 Å². The van der Waals surface area contributed by atoms with Crippen molar-refractivity contribution < 1.29 is 14.6 Å². The monoisotopic (exact) mass is 364 g/mol. The topological polar surface area (TPSA) is 38.7 Å². The maximum absolute atomic E-state index is 10.2. The van der Waals surface area contributed by atoms with Gasteiger partial charge in [0.1, 0.15) is 17.1 Å². The summed E-state index contributed by atoms with van der Waals surface area (Å²) in [7, 11) is 1.60. The van der Waals surface area contributed by atoms with E-state index in [9.17, 15) is 5.11 Å². The van der Waals surface area contributed by atoms with Gasteiger partial charge in [-0.25, -0.2) is 0 Å². The van der Waals surface area contributed by atoms with Crippen molar-refractivity contribution in [1.82, 2.24) is 0 Å². The summed E-state index contributed by atoms with van der Waals surface area (Å²) >= 11 is 6.90. The van der Waals surface area contributed by atoms with Gasteiger partial charge < -0.3 is 14.6 Å². The van der Waals surface area contributed by atoms with Gasteiger partial charge in [0.25, 0.3) is 0 Å². The highest BCUT2D eigenvalue weighted by Gasteiger charge is 2.36. The number of aliphatic hydroxyl groups is 1. The van der Waals surface area contributed by atoms with Crippen LogP contribution in [0, 0.1) is 0 Å². The lowest BCUT2D eigenvalue weighted by molar-refractivity contribution is 0.0101. The minimum Gasteiger partial charge on any atom is -0.496 e. The molecule has 0 saturated carbocycles. The van der Waals surface area contributed by atoms with Crippen LogP contribution >= 0.6 is 31.9 Å². The van der Waals surface area contributed by atoms with Gasteiger partial charge in [0.2, 0.25) is 0 Å². The molecule has 1 heterocycles. The molecule has 0 bridgehead atoms. The lowest BCUT2D eigenvalue weighted by Gasteiger charge is -2.36. The van der Waals surface area contributed by atoms with E-state index in [1.807, 2.05) is 19.9 Å². The third-order valence-corrected chi connectivity index (χ3v) is 4.20. The number of ether oxygens (including phenoxy) is 2. The first-order valence-corrected chi connectivity index (χ1v) is 6.87. The van der Waals surface area contributed by atoms with Gasteiger partial charge in [-0.1, -0.05) is 0 Å². The van der Waals surface area contributed by atoms with E-state index >= 15 is 0 Å². The first-order chi connectivity index (χ1) is 7.85. The summed E-state index contributed by atoms with van der Waals surface area (Å²) in [6.07, 6.45) is -0.00685. The van der Waals surface area contributed by atoms with Gasteiger partial charge in [-0.2, -0.15) is 0 Å². The highest BCUT2D eigenvalue weighted by molar-refractivity contribution is 9.11. The number of methoxy groups -OCH3 is 1. The van der Waals surface area contributed by atoms with Crippen molar-refractivity contribution in [1.29, 1.82) is 0 Å². The summed E-state index contributed by atoms with van der Waals surface area (Å²) in [5.41, 5.74) is 0.374. The van der Waals surface area contributed by atoms with Gasteiger partial charge in [-0.3, -0.25) is 0 Å².